The molecular weight excluding hydrogens is 342 g/mol. The van der Waals surface area contributed by atoms with Crippen molar-refractivity contribution < 1.29 is 17.9 Å². The maximum Gasteiger partial charge on any atom is 0.354 e. The van der Waals surface area contributed by atoms with Crippen LogP contribution >= 0.6 is 12.4 Å². The van der Waals surface area contributed by atoms with E-state index in [4.69, 9.17) is 4.74 Å². The number of sulfonamides is 1. The van der Waals surface area contributed by atoms with Crippen molar-refractivity contribution in [3.05, 3.63) is 18.0 Å². The predicted octanol–water partition coefficient (Wildman–Crippen LogP) is 0.996. The van der Waals surface area contributed by atoms with E-state index in [1.165, 1.54) is 21.1 Å². The minimum atomic E-state index is -3.59. The summed E-state index contributed by atoms with van der Waals surface area (Å²) in [5, 5.41) is 3.12. The molecule has 1 fully saturated rings. The zero-order valence-electron chi connectivity index (χ0n) is 13.6. The lowest BCUT2D eigenvalue weighted by Crippen LogP contribution is -2.46. The number of nitrogens with zero attached hydrogens (tertiary/aromatic N) is 2. The van der Waals surface area contributed by atoms with Gasteiger partial charge >= 0.3 is 5.97 Å². The second-order valence-corrected chi connectivity index (χ2v) is 7.32. The van der Waals surface area contributed by atoms with E-state index in [0.717, 1.165) is 12.8 Å². The molecule has 1 unspecified atom stereocenters. The normalized spacial score (nSPS) is 19.2. The number of piperidine rings is 1. The van der Waals surface area contributed by atoms with Crippen molar-refractivity contribution >= 4 is 28.4 Å². The van der Waals surface area contributed by atoms with Gasteiger partial charge in [-0.2, -0.15) is 4.31 Å². The van der Waals surface area contributed by atoms with Crippen molar-refractivity contribution in [1.29, 1.82) is 0 Å². The molecule has 0 radical (unpaired) electrons. The van der Waals surface area contributed by atoms with Gasteiger partial charge in [-0.25, -0.2) is 13.2 Å². The first-order valence-corrected chi connectivity index (χ1v) is 8.85. The molecule has 0 aromatic carbocycles. The van der Waals surface area contributed by atoms with Crippen LogP contribution in [-0.4, -0.2) is 56.0 Å². The molecular formula is C14H24ClN3O4S. The second kappa shape index (κ2) is 8.14. The topological polar surface area (TPSA) is 80.6 Å². The van der Waals surface area contributed by atoms with E-state index in [2.05, 4.69) is 5.32 Å². The molecule has 1 atom stereocenters. The van der Waals surface area contributed by atoms with E-state index in [1.807, 2.05) is 7.05 Å². The Morgan fingerprint density at radius 1 is 1.48 bits per heavy atom. The fraction of sp³-hybridized carbons (Fsp3) is 0.643. The number of carbonyl (C=O) groups excluding carboxylic acids is 1. The average molecular weight is 366 g/mol. The molecule has 1 aromatic rings. The molecule has 1 aliphatic rings. The fourth-order valence-electron chi connectivity index (χ4n) is 2.63. The summed E-state index contributed by atoms with van der Waals surface area (Å²) in [7, 11) is -0.118. The molecule has 132 valence electrons. The number of rotatable bonds is 5. The maximum absolute atomic E-state index is 12.7. The van der Waals surface area contributed by atoms with E-state index in [-0.39, 0.29) is 35.6 Å². The molecule has 23 heavy (non-hydrogen) atoms. The Kier molecular flexibility index (Phi) is 7.06. The Balaban J connectivity index is 0.00000264. The summed E-state index contributed by atoms with van der Waals surface area (Å²) in [6, 6.07) is 1.55. The lowest BCUT2D eigenvalue weighted by atomic mass is 10.1. The SMILES string of the molecule is CCOC(=O)c1cc(S(=O)(=O)N2CCCC(NC)C2)cn1C.Cl. The minimum absolute atomic E-state index is 0. The van der Waals surface area contributed by atoms with Crippen molar-refractivity contribution in [3.63, 3.8) is 0 Å². The summed E-state index contributed by atoms with van der Waals surface area (Å²) in [6.45, 7) is 2.92. The van der Waals surface area contributed by atoms with E-state index in [9.17, 15) is 13.2 Å². The number of carbonyl (C=O) groups is 1. The minimum Gasteiger partial charge on any atom is -0.461 e. The molecule has 0 saturated carbocycles. The second-order valence-electron chi connectivity index (χ2n) is 5.38. The molecule has 0 aliphatic carbocycles. The van der Waals surface area contributed by atoms with Gasteiger partial charge in [0.05, 0.1) is 6.61 Å². The van der Waals surface area contributed by atoms with Crippen LogP contribution in [0.3, 0.4) is 0 Å². The number of likely N-dealkylation sites (N-methyl/N-ethyl adjacent to an activating group) is 1. The van der Waals surface area contributed by atoms with E-state index in [0.29, 0.717) is 13.1 Å². The summed E-state index contributed by atoms with van der Waals surface area (Å²) in [5.41, 5.74) is 0.239. The first-order chi connectivity index (χ1) is 10.4. The number of hydrogen-bond acceptors (Lipinski definition) is 5. The zero-order valence-corrected chi connectivity index (χ0v) is 15.2. The molecule has 1 saturated heterocycles. The highest BCUT2D eigenvalue weighted by Gasteiger charge is 2.31. The smallest absolute Gasteiger partial charge is 0.354 e. The third-order valence-corrected chi connectivity index (χ3v) is 5.73. The Bertz CT molecular complexity index is 644. The largest absolute Gasteiger partial charge is 0.461 e. The van der Waals surface area contributed by atoms with E-state index < -0.39 is 16.0 Å². The number of halogens is 1. The van der Waals surface area contributed by atoms with Crippen LogP contribution in [0.15, 0.2) is 17.2 Å². The number of esters is 1. The molecule has 0 bridgehead atoms. The molecule has 2 heterocycles. The Morgan fingerprint density at radius 3 is 2.78 bits per heavy atom. The summed E-state index contributed by atoms with van der Waals surface area (Å²) < 4.78 is 33.4. The van der Waals surface area contributed by atoms with Gasteiger partial charge in [0.1, 0.15) is 10.6 Å². The van der Waals surface area contributed by atoms with Gasteiger partial charge in [0.2, 0.25) is 10.0 Å². The number of hydrogen-bond donors (Lipinski definition) is 1. The van der Waals surface area contributed by atoms with E-state index >= 15 is 0 Å². The highest BCUT2D eigenvalue weighted by molar-refractivity contribution is 7.89. The van der Waals surface area contributed by atoms with Crippen LogP contribution in [0.4, 0.5) is 0 Å². The third-order valence-electron chi connectivity index (χ3n) is 3.89. The Morgan fingerprint density at radius 2 is 2.17 bits per heavy atom. The van der Waals surface area contributed by atoms with Crippen LogP contribution in [-0.2, 0) is 21.8 Å². The van der Waals surface area contributed by atoms with Crippen LogP contribution in [0.1, 0.15) is 30.3 Å². The van der Waals surface area contributed by atoms with Crippen LogP contribution in [0, 0.1) is 0 Å². The highest BCUT2D eigenvalue weighted by atomic mass is 35.5. The monoisotopic (exact) mass is 365 g/mol. The van der Waals surface area contributed by atoms with Crippen LogP contribution in [0.2, 0.25) is 0 Å². The van der Waals surface area contributed by atoms with Crippen LogP contribution < -0.4 is 5.32 Å². The van der Waals surface area contributed by atoms with Gasteiger partial charge in [-0.05, 0) is 32.9 Å². The molecule has 0 spiro atoms. The summed E-state index contributed by atoms with van der Waals surface area (Å²) >= 11 is 0. The number of aryl methyl sites for hydroxylation is 1. The van der Waals surface area contributed by atoms with Crippen molar-refractivity contribution in [2.75, 3.05) is 26.7 Å². The fourth-order valence-corrected chi connectivity index (χ4v) is 4.22. The zero-order chi connectivity index (χ0) is 16.3. The summed E-state index contributed by atoms with van der Waals surface area (Å²) in [6.07, 6.45) is 3.25. The molecule has 2 rings (SSSR count). The average Bonchev–Trinajstić information content (AvgIpc) is 2.90. The van der Waals surface area contributed by atoms with Gasteiger partial charge in [-0.3, -0.25) is 0 Å². The molecule has 1 aliphatic heterocycles. The lowest BCUT2D eigenvalue weighted by Gasteiger charge is -2.31. The number of nitrogens with one attached hydrogen (secondary N) is 1. The first kappa shape index (κ1) is 20.0. The van der Waals surface area contributed by atoms with Crippen molar-refractivity contribution in [2.45, 2.75) is 30.7 Å². The van der Waals surface area contributed by atoms with Gasteiger partial charge in [0.15, 0.2) is 0 Å². The van der Waals surface area contributed by atoms with Gasteiger partial charge in [-0.1, -0.05) is 0 Å². The Hall–Kier alpha value is -1.09. The van der Waals surface area contributed by atoms with Gasteiger partial charge in [-0.15, -0.1) is 12.4 Å². The van der Waals surface area contributed by atoms with Gasteiger partial charge in [0.25, 0.3) is 0 Å². The van der Waals surface area contributed by atoms with Gasteiger partial charge in [0, 0.05) is 32.4 Å². The number of ether oxygens (including phenoxy) is 1. The van der Waals surface area contributed by atoms with Crippen LogP contribution in [0.5, 0.6) is 0 Å². The van der Waals surface area contributed by atoms with Gasteiger partial charge < -0.3 is 14.6 Å². The summed E-state index contributed by atoms with van der Waals surface area (Å²) in [5.74, 6) is -0.516. The van der Waals surface area contributed by atoms with E-state index in [1.54, 1.807) is 14.0 Å². The lowest BCUT2D eigenvalue weighted by molar-refractivity contribution is 0.0515. The molecule has 7 nitrogen and oxygen atoms in total. The molecule has 1 N–H and O–H groups in total. The molecule has 0 amide bonds. The third kappa shape index (κ3) is 4.26. The standard InChI is InChI=1S/C14H23N3O4S.ClH/c1-4-21-14(18)13-8-12(10-16(13)3)22(19,20)17-7-5-6-11(9-17)15-2;/h8,10-11,15H,4-7,9H2,1-3H3;1H. The number of aromatic nitrogens is 1. The predicted molar refractivity (Wildman–Crippen MR) is 89.5 cm³/mol. The molecule has 9 heteroatoms. The maximum atomic E-state index is 12.7. The van der Waals surface area contributed by atoms with Crippen molar-refractivity contribution in [1.82, 2.24) is 14.2 Å². The van der Waals surface area contributed by atoms with Crippen molar-refractivity contribution in [3.8, 4) is 0 Å². The quantitative estimate of drug-likeness (QED) is 0.787. The van der Waals surface area contributed by atoms with Crippen molar-refractivity contribution in [2.24, 2.45) is 7.05 Å². The highest BCUT2D eigenvalue weighted by Crippen LogP contribution is 2.22. The van der Waals surface area contributed by atoms with Crippen LogP contribution in [0.25, 0.3) is 0 Å². The summed E-state index contributed by atoms with van der Waals surface area (Å²) in [4.78, 5) is 12.0. The first-order valence-electron chi connectivity index (χ1n) is 7.41. The molecule has 1 aromatic heterocycles. The Labute approximate surface area is 143 Å².